The van der Waals surface area contributed by atoms with E-state index in [1.54, 1.807) is 4.90 Å². The van der Waals surface area contributed by atoms with Gasteiger partial charge in [0.15, 0.2) is 0 Å². The molecule has 1 aliphatic heterocycles. The van der Waals surface area contributed by atoms with Gasteiger partial charge >= 0.3 is 5.97 Å². The Morgan fingerprint density at radius 2 is 1.69 bits per heavy atom. The molecule has 1 saturated heterocycles. The zero-order valence-corrected chi connectivity index (χ0v) is 14.6. The summed E-state index contributed by atoms with van der Waals surface area (Å²) < 4.78 is 4.72. The van der Waals surface area contributed by atoms with E-state index in [1.165, 1.54) is 25.7 Å². The Balaban J connectivity index is 2.02. The van der Waals surface area contributed by atoms with Gasteiger partial charge in [-0.15, -0.1) is 0 Å². The number of carbonyl (C=O) groups excluding carboxylic acids is 1. The number of carbonyl (C=O) groups is 1. The number of esters is 1. The van der Waals surface area contributed by atoms with E-state index in [0.717, 1.165) is 32.1 Å². The van der Waals surface area contributed by atoms with Crippen LogP contribution >= 0.6 is 0 Å². The van der Waals surface area contributed by atoms with Crippen LogP contribution < -0.4 is 4.90 Å². The van der Waals surface area contributed by atoms with Crippen LogP contribution in [0.3, 0.4) is 0 Å². The van der Waals surface area contributed by atoms with Gasteiger partial charge in [0.2, 0.25) is 0 Å². The van der Waals surface area contributed by atoms with E-state index in [0.29, 0.717) is 18.5 Å². The zero-order valence-electron chi connectivity index (χ0n) is 14.6. The van der Waals surface area contributed by atoms with Crippen LogP contribution in [-0.4, -0.2) is 36.0 Å². The second-order valence-corrected chi connectivity index (χ2v) is 7.06. The number of nitro benzene ring substituents is 2. The van der Waals surface area contributed by atoms with E-state index >= 15 is 0 Å². The average molecular weight is 363 g/mol. The van der Waals surface area contributed by atoms with Crippen LogP contribution in [0, 0.1) is 25.6 Å². The molecule has 1 aromatic rings. The molecule has 1 aromatic carbocycles. The molecule has 0 unspecified atom stereocenters. The van der Waals surface area contributed by atoms with Crippen LogP contribution in [0.25, 0.3) is 0 Å². The second-order valence-electron chi connectivity index (χ2n) is 7.06. The standard InChI is InChI=1S/C17H21N3O6/c1-26-16(21)13-10-12(19(22)23)11-14(20(24)25)15(13)18-8-6-17(7-9-18)4-2-3-5-17/h10-11H,2-9H2,1H3. The summed E-state index contributed by atoms with van der Waals surface area (Å²) in [6.07, 6.45) is 6.58. The van der Waals surface area contributed by atoms with Crippen molar-refractivity contribution in [2.75, 3.05) is 25.1 Å². The van der Waals surface area contributed by atoms with Crippen LogP contribution in [0.5, 0.6) is 0 Å². The molecule has 2 aliphatic rings. The average Bonchev–Trinajstić information content (AvgIpc) is 3.08. The summed E-state index contributed by atoms with van der Waals surface area (Å²) in [5.41, 5.74) is -0.625. The maximum atomic E-state index is 12.2. The van der Waals surface area contributed by atoms with Gasteiger partial charge in [-0.25, -0.2) is 4.79 Å². The van der Waals surface area contributed by atoms with Crippen molar-refractivity contribution in [2.24, 2.45) is 5.41 Å². The van der Waals surface area contributed by atoms with Crippen molar-refractivity contribution < 1.29 is 19.4 Å². The van der Waals surface area contributed by atoms with E-state index in [1.807, 2.05) is 0 Å². The highest BCUT2D eigenvalue weighted by atomic mass is 16.6. The largest absolute Gasteiger partial charge is 0.465 e. The summed E-state index contributed by atoms with van der Waals surface area (Å²) in [6, 6.07) is 1.98. The molecule has 0 atom stereocenters. The van der Waals surface area contributed by atoms with Crippen LogP contribution in [0.15, 0.2) is 12.1 Å². The smallest absolute Gasteiger partial charge is 0.340 e. The Kier molecular flexibility index (Phi) is 4.80. The molecule has 9 heteroatoms. The summed E-state index contributed by atoms with van der Waals surface area (Å²) in [4.78, 5) is 35.2. The fourth-order valence-electron chi connectivity index (χ4n) is 4.28. The highest BCUT2D eigenvalue weighted by molar-refractivity contribution is 5.99. The summed E-state index contributed by atoms with van der Waals surface area (Å²) in [6.45, 7) is 1.17. The number of non-ortho nitro benzene ring substituents is 1. The van der Waals surface area contributed by atoms with Crippen molar-refractivity contribution >= 4 is 23.0 Å². The highest BCUT2D eigenvalue weighted by Gasteiger charge is 2.40. The molecule has 1 spiro atoms. The van der Waals surface area contributed by atoms with Gasteiger partial charge < -0.3 is 9.64 Å². The Morgan fingerprint density at radius 3 is 2.19 bits per heavy atom. The Bertz CT molecular complexity index is 747. The minimum Gasteiger partial charge on any atom is -0.465 e. The first-order valence-corrected chi connectivity index (χ1v) is 8.67. The van der Waals surface area contributed by atoms with Crippen molar-refractivity contribution in [3.8, 4) is 0 Å². The number of methoxy groups -OCH3 is 1. The molecule has 1 saturated carbocycles. The number of benzene rings is 1. The van der Waals surface area contributed by atoms with Crippen molar-refractivity contribution in [1.29, 1.82) is 0 Å². The number of hydrogen-bond donors (Lipinski definition) is 0. The van der Waals surface area contributed by atoms with Crippen LogP contribution in [0.2, 0.25) is 0 Å². The maximum Gasteiger partial charge on any atom is 0.340 e. The lowest BCUT2D eigenvalue weighted by Crippen LogP contribution is -2.39. The van der Waals surface area contributed by atoms with E-state index in [2.05, 4.69) is 0 Å². The first-order chi connectivity index (χ1) is 12.4. The van der Waals surface area contributed by atoms with Gasteiger partial charge in [0.05, 0.1) is 28.6 Å². The first-order valence-electron chi connectivity index (χ1n) is 8.67. The summed E-state index contributed by atoms with van der Waals surface area (Å²) in [7, 11) is 1.15. The molecule has 0 aromatic heterocycles. The first kappa shape index (κ1) is 18.1. The summed E-state index contributed by atoms with van der Waals surface area (Å²) in [5.74, 6) is -0.812. The molecule has 3 rings (SSSR count). The Hall–Kier alpha value is -2.71. The van der Waals surface area contributed by atoms with Crippen LogP contribution in [0.1, 0.15) is 48.9 Å². The van der Waals surface area contributed by atoms with Gasteiger partial charge in [0, 0.05) is 19.2 Å². The molecule has 140 valence electrons. The number of piperidine rings is 1. The number of ether oxygens (including phenoxy) is 1. The van der Waals surface area contributed by atoms with Crippen LogP contribution in [0.4, 0.5) is 17.1 Å². The number of nitro groups is 2. The lowest BCUT2D eigenvalue weighted by Gasteiger charge is -2.40. The fraction of sp³-hybridized carbons (Fsp3) is 0.588. The van der Waals surface area contributed by atoms with Gasteiger partial charge in [-0.05, 0) is 31.1 Å². The van der Waals surface area contributed by atoms with Crippen molar-refractivity contribution in [3.05, 3.63) is 37.9 Å². The third kappa shape index (κ3) is 3.21. The van der Waals surface area contributed by atoms with Crippen LogP contribution in [-0.2, 0) is 4.74 Å². The lowest BCUT2D eigenvalue weighted by molar-refractivity contribution is -0.393. The summed E-state index contributed by atoms with van der Waals surface area (Å²) >= 11 is 0. The monoisotopic (exact) mass is 363 g/mol. The van der Waals surface area contributed by atoms with E-state index in [4.69, 9.17) is 4.74 Å². The number of anilines is 1. The Morgan fingerprint density at radius 1 is 1.08 bits per heavy atom. The van der Waals surface area contributed by atoms with Gasteiger partial charge in [-0.2, -0.15) is 0 Å². The highest BCUT2D eigenvalue weighted by Crippen LogP contribution is 2.48. The van der Waals surface area contributed by atoms with E-state index in [-0.39, 0.29) is 11.3 Å². The van der Waals surface area contributed by atoms with Crippen molar-refractivity contribution in [3.63, 3.8) is 0 Å². The molecule has 1 aliphatic carbocycles. The molecule has 26 heavy (non-hydrogen) atoms. The molecular weight excluding hydrogens is 342 g/mol. The van der Waals surface area contributed by atoms with Crippen molar-refractivity contribution in [2.45, 2.75) is 38.5 Å². The Labute approximate surface area is 150 Å². The predicted octanol–water partition coefficient (Wildman–Crippen LogP) is 3.45. The van der Waals surface area contributed by atoms with E-state index < -0.39 is 27.2 Å². The van der Waals surface area contributed by atoms with E-state index in [9.17, 15) is 25.0 Å². The predicted molar refractivity (Wildman–Crippen MR) is 93.4 cm³/mol. The molecule has 2 fully saturated rings. The third-order valence-electron chi connectivity index (χ3n) is 5.69. The quantitative estimate of drug-likeness (QED) is 0.457. The molecular formula is C17H21N3O6. The summed E-state index contributed by atoms with van der Waals surface area (Å²) in [5, 5.41) is 22.7. The number of nitrogens with zero attached hydrogens (tertiary/aromatic N) is 3. The number of rotatable bonds is 4. The SMILES string of the molecule is COC(=O)c1cc([N+](=O)[O-])cc([N+](=O)[O-])c1N1CCC2(CCCC2)CC1. The second kappa shape index (κ2) is 6.89. The molecule has 9 nitrogen and oxygen atoms in total. The zero-order chi connectivity index (χ0) is 18.9. The molecule has 0 radical (unpaired) electrons. The van der Waals surface area contributed by atoms with Gasteiger partial charge in [-0.3, -0.25) is 20.2 Å². The van der Waals surface area contributed by atoms with Gasteiger partial charge in [0.25, 0.3) is 11.4 Å². The minimum atomic E-state index is -0.812. The van der Waals surface area contributed by atoms with Crippen molar-refractivity contribution in [1.82, 2.24) is 0 Å². The minimum absolute atomic E-state index is 0.125. The molecule has 0 N–H and O–H groups in total. The molecule has 0 bridgehead atoms. The molecule has 1 heterocycles. The maximum absolute atomic E-state index is 12.2. The third-order valence-corrected chi connectivity index (χ3v) is 5.69. The molecule has 0 amide bonds. The normalized spacial score (nSPS) is 18.7. The van der Waals surface area contributed by atoms with Gasteiger partial charge in [0.1, 0.15) is 5.69 Å². The topological polar surface area (TPSA) is 116 Å². The lowest BCUT2D eigenvalue weighted by atomic mass is 9.77. The fourth-order valence-corrected chi connectivity index (χ4v) is 4.28. The number of hydrogen-bond acceptors (Lipinski definition) is 7. The van der Waals surface area contributed by atoms with Gasteiger partial charge in [-0.1, -0.05) is 12.8 Å².